The topological polar surface area (TPSA) is 50.8 Å². The van der Waals surface area contributed by atoms with Crippen molar-refractivity contribution in [1.82, 2.24) is 10.2 Å². The van der Waals surface area contributed by atoms with E-state index >= 15 is 0 Å². The molecule has 2 heterocycles. The SMILES string of the molecule is COC[C@@H]1[C@@H](NC(=O)C2(c3ccccc3)CCN(C)CC2)[C@@H]2CCO[C@H]12. The van der Waals surface area contributed by atoms with Gasteiger partial charge in [0.25, 0.3) is 0 Å². The Kier molecular flexibility index (Phi) is 5.04. The van der Waals surface area contributed by atoms with Gasteiger partial charge < -0.3 is 19.7 Å². The number of hydrogen-bond donors (Lipinski definition) is 1. The molecule has 1 N–H and O–H groups in total. The molecule has 142 valence electrons. The molecule has 1 aliphatic carbocycles. The van der Waals surface area contributed by atoms with E-state index in [4.69, 9.17) is 9.47 Å². The van der Waals surface area contributed by atoms with Crippen molar-refractivity contribution in [3.05, 3.63) is 35.9 Å². The fourth-order valence-corrected chi connectivity index (χ4v) is 5.13. The molecule has 0 unspecified atom stereocenters. The van der Waals surface area contributed by atoms with Gasteiger partial charge in [0, 0.05) is 31.6 Å². The van der Waals surface area contributed by atoms with Crippen LogP contribution in [0.2, 0.25) is 0 Å². The summed E-state index contributed by atoms with van der Waals surface area (Å²) < 4.78 is 11.3. The van der Waals surface area contributed by atoms with Gasteiger partial charge in [-0.25, -0.2) is 0 Å². The Morgan fingerprint density at radius 1 is 1.31 bits per heavy atom. The quantitative estimate of drug-likeness (QED) is 0.872. The summed E-state index contributed by atoms with van der Waals surface area (Å²) in [5, 5.41) is 3.43. The summed E-state index contributed by atoms with van der Waals surface area (Å²) in [6, 6.07) is 10.5. The normalized spacial score (nSPS) is 33.3. The Labute approximate surface area is 156 Å². The molecule has 1 aromatic carbocycles. The highest BCUT2D eigenvalue weighted by Gasteiger charge is 2.55. The number of carbonyl (C=O) groups excluding carboxylic acids is 1. The fourth-order valence-electron chi connectivity index (χ4n) is 5.13. The molecular formula is C21H30N2O3. The van der Waals surface area contributed by atoms with E-state index < -0.39 is 5.41 Å². The molecule has 0 bridgehead atoms. The van der Waals surface area contributed by atoms with E-state index in [-0.39, 0.29) is 24.0 Å². The van der Waals surface area contributed by atoms with Gasteiger partial charge in [0.15, 0.2) is 0 Å². The van der Waals surface area contributed by atoms with Crippen LogP contribution in [0.15, 0.2) is 30.3 Å². The molecule has 2 saturated heterocycles. The number of nitrogens with zero attached hydrogens (tertiary/aromatic N) is 1. The minimum absolute atomic E-state index is 0.176. The van der Waals surface area contributed by atoms with Crippen molar-refractivity contribution in [2.75, 3.05) is 40.5 Å². The zero-order chi connectivity index (χ0) is 18.1. The van der Waals surface area contributed by atoms with Crippen LogP contribution in [0.1, 0.15) is 24.8 Å². The van der Waals surface area contributed by atoms with Gasteiger partial charge in [0.1, 0.15) is 0 Å². The van der Waals surface area contributed by atoms with Crippen LogP contribution >= 0.6 is 0 Å². The molecule has 0 spiro atoms. The Bertz CT molecular complexity index is 627. The van der Waals surface area contributed by atoms with E-state index in [2.05, 4.69) is 29.4 Å². The lowest BCUT2D eigenvalue weighted by Gasteiger charge is -2.49. The predicted molar refractivity (Wildman–Crippen MR) is 100.0 cm³/mol. The second kappa shape index (κ2) is 7.29. The van der Waals surface area contributed by atoms with Crippen molar-refractivity contribution in [3.8, 4) is 0 Å². The molecule has 4 rings (SSSR count). The van der Waals surface area contributed by atoms with E-state index in [1.165, 1.54) is 0 Å². The molecule has 0 radical (unpaired) electrons. The molecule has 1 amide bonds. The largest absolute Gasteiger partial charge is 0.384 e. The molecule has 5 nitrogen and oxygen atoms in total. The van der Waals surface area contributed by atoms with Gasteiger partial charge in [-0.3, -0.25) is 4.79 Å². The van der Waals surface area contributed by atoms with Crippen LogP contribution in [0.3, 0.4) is 0 Å². The standard InChI is InChI=1S/C21H30N2O3/c1-23-11-9-21(10-12-23,15-6-4-3-5-7-15)20(24)22-18-16-8-13-26-19(16)17(18)14-25-2/h3-7,16-19H,8-14H2,1-2H3,(H,22,24)/t16-,17+,18-,19-/m0/s1. The van der Waals surface area contributed by atoms with Crippen molar-refractivity contribution in [1.29, 1.82) is 0 Å². The van der Waals surface area contributed by atoms with Gasteiger partial charge in [-0.15, -0.1) is 0 Å². The number of nitrogens with one attached hydrogen (secondary N) is 1. The van der Waals surface area contributed by atoms with Gasteiger partial charge in [-0.1, -0.05) is 30.3 Å². The highest BCUT2D eigenvalue weighted by molar-refractivity contribution is 5.89. The summed E-state index contributed by atoms with van der Waals surface area (Å²) in [4.78, 5) is 15.9. The zero-order valence-corrected chi connectivity index (χ0v) is 15.8. The minimum atomic E-state index is -0.421. The minimum Gasteiger partial charge on any atom is -0.384 e. The van der Waals surface area contributed by atoms with E-state index in [0.717, 1.165) is 44.5 Å². The number of piperidine rings is 1. The number of rotatable bonds is 5. The van der Waals surface area contributed by atoms with E-state index in [1.807, 2.05) is 18.2 Å². The van der Waals surface area contributed by atoms with Gasteiger partial charge >= 0.3 is 0 Å². The number of ether oxygens (including phenoxy) is 2. The lowest BCUT2D eigenvalue weighted by molar-refractivity contribution is -0.136. The monoisotopic (exact) mass is 358 g/mol. The van der Waals surface area contributed by atoms with Crippen LogP contribution in [0, 0.1) is 11.8 Å². The van der Waals surface area contributed by atoms with Crippen LogP contribution in [-0.4, -0.2) is 63.4 Å². The summed E-state index contributed by atoms with van der Waals surface area (Å²) in [7, 11) is 3.86. The van der Waals surface area contributed by atoms with Crippen molar-refractivity contribution in [2.45, 2.75) is 36.8 Å². The van der Waals surface area contributed by atoms with E-state index in [9.17, 15) is 4.79 Å². The maximum atomic E-state index is 13.6. The average Bonchev–Trinajstić information content (AvgIpc) is 3.10. The zero-order valence-electron chi connectivity index (χ0n) is 15.8. The predicted octanol–water partition coefficient (Wildman–Crippen LogP) is 1.82. The molecule has 0 aromatic heterocycles. The third-order valence-corrected chi connectivity index (χ3v) is 6.79. The average molecular weight is 358 g/mol. The van der Waals surface area contributed by atoms with Gasteiger partial charge in [-0.05, 0) is 45.0 Å². The van der Waals surface area contributed by atoms with Gasteiger partial charge in [-0.2, -0.15) is 0 Å². The van der Waals surface area contributed by atoms with Crippen LogP contribution < -0.4 is 5.32 Å². The van der Waals surface area contributed by atoms with Crippen LogP contribution in [0.5, 0.6) is 0 Å². The second-order valence-electron chi connectivity index (χ2n) is 8.16. The molecule has 4 atom stereocenters. The van der Waals surface area contributed by atoms with Crippen molar-refractivity contribution >= 4 is 5.91 Å². The maximum Gasteiger partial charge on any atom is 0.230 e. The first kappa shape index (κ1) is 18.0. The Balaban J connectivity index is 1.55. The summed E-state index contributed by atoms with van der Waals surface area (Å²) in [6.45, 7) is 3.34. The van der Waals surface area contributed by atoms with Gasteiger partial charge in [0.05, 0.1) is 18.1 Å². The molecule has 3 fully saturated rings. The van der Waals surface area contributed by atoms with Crippen molar-refractivity contribution in [2.24, 2.45) is 11.8 Å². The van der Waals surface area contributed by atoms with E-state index in [0.29, 0.717) is 12.5 Å². The molecule has 5 heteroatoms. The molecule has 1 aromatic rings. The Morgan fingerprint density at radius 2 is 2.04 bits per heavy atom. The Morgan fingerprint density at radius 3 is 2.73 bits per heavy atom. The first-order chi connectivity index (χ1) is 12.7. The lowest BCUT2D eigenvalue weighted by atomic mass is 9.66. The first-order valence-electron chi connectivity index (χ1n) is 9.81. The smallest absolute Gasteiger partial charge is 0.230 e. The number of likely N-dealkylation sites (tertiary alicyclic amines) is 1. The number of amides is 1. The maximum absolute atomic E-state index is 13.6. The number of fused-ring (bicyclic) bond motifs is 1. The van der Waals surface area contributed by atoms with Crippen LogP contribution in [-0.2, 0) is 19.7 Å². The summed E-state index contributed by atoms with van der Waals surface area (Å²) in [6.07, 6.45) is 3.03. The number of benzene rings is 1. The van der Waals surface area contributed by atoms with Crippen LogP contribution in [0.25, 0.3) is 0 Å². The Hall–Kier alpha value is -1.43. The molecule has 3 aliphatic rings. The third kappa shape index (κ3) is 2.96. The number of carbonyl (C=O) groups is 1. The molecular weight excluding hydrogens is 328 g/mol. The fraction of sp³-hybridized carbons (Fsp3) is 0.667. The summed E-state index contributed by atoms with van der Waals surface area (Å²) in [5.74, 6) is 0.905. The molecule has 26 heavy (non-hydrogen) atoms. The number of methoxy groups -OCH3 is 1. The highest BCUT2D eigenvalue weighted by Crippen LogP contribution is 2.45. The van der Waals surface area contributed by atoms with Gasteiger partial charge in [0.2, 0.25) is 5.91 Å². The number of hydrogen-bond acceptors (Lipinski definition) is 4. The van der Waals surface area contributed by atoms with Crippen LogP contribution in [0.4, 0.5) is 0 Å². The molecule has 2 aliphatic heterocycles. The van der Waals surface area contributed by atoms with E-state index in [1.54, 1.807) is 7.11 Å². The molecule has 1 saturated carbocycles. The second-order valence-corrected chi connectivity index (χ2v) is 8.16. The third-order valence-electron chi connectivity index (χ3n) is 6.79. The summed E-state index contributed by atoms with van der Waals surface area (Å²) >= 11 is 0. The highest BCUT2D eigenvalue weighted by atomic mass is 16.5. The summed E-state index contributed by atoms with van der Waals surface area (Å²) in [5.41, 5.74) is 0.725. The van der Waals surface area contributed by atoms with Crippen molar-refractivity contribution in [3.63, 3.8) is 0 Å². The lowest BCUT2D eigenvalue weighted by Crippen LogP contribution is -2.65. The van der Waals surface area contributed by atoms with Crippen molar-refractivity contribution < 1.29 is 14.3 Å². The first-order valence-corrected chi connectivity index (χ1v) is 9.81.